The molecule has 0 bridgehead atoms. The lowest BCUT2D eigenvalue weighted by Gasteiger charge is -2.20. The van der Waals surface area contributed by atoms with E-state index in [0.29, 0.717) is 18.0 Å². The second-order valence-electron chi connectivity index (χ2n) is 4.99. The van der Waals surface area contributed by atoms with E-state index in [9.17, 15) is 8.42 Å². The van der Waals surface area contributed by atoms with Crippen molar-refractivity contribution < 1.29 is 8.42 Å². The summed E-state index contributed by atoms with van der Waals surface area (Å²) in [7, 11) is -3.47. The number of hydrogen-bond donors (Lipinski definition) is 2. The third-order valence-corrected chi connectivity index (χ3v) is 5.12. The lowest BCUT2D eigenvalue weighted by Crippen LogP contribution is -2.31. The highest BCUT2D eigenvalue weighted by Gasteiger charge is 2.21. The Hall–Kier alpha value is -1.70. The summed E-state index contributed by atoms with van der Waals surface area (Å²) < 4.78 is 29.3. The highest BCUT2D eigenvalue weighted by molar-refractivity contribution is 7.89. The first kappa shape index (κ1) is 14.2. The van der Waals surface area contributed by atoms with Gasteiger partial charge in [-0.3, -0.25) is 4.68 Å². The van der Waals surface area contributed by atoms with Crippen molar-refractivity contribution in [2.45, 2.75) is 24.4 Å². The maximum absolute atomic E-state index is 12.5. The van der Waals surface area contributed by atoms with Gasteiger partial charge in [0.25, 0.3) is 0 Å². The van der Waals surface area contributed by atoms with Gasteiger partial charge in [0.15, 0.2) is 0 Å². The number of sulfonamides is 1. The summed E-state index contributed by atoms with van der Waals surface area (Å²) >= 11 is 0. The van der Waals surface area contributed by atoms with Crippen LogP contribution < -0.4 is 10.0 Å². The predicted octanol–water partition coefficient (Wildman–Crippen LogP) is 0.507. The van der Waals surface area contributed by atoms with Gasteiger partial charge in [-0.05, 0) is 36.2 Å². The molecule has 2 N–H and O–H groups in total. The first-order valence-corrected chi connectivity index (χ1v) is 8.44. The summed E-state index contributed by atoms with van der Waals surface area (Å²) in [5.74, 6) is 0. The average molecular weight is 306 g/mol. The largest absolute Gasteiger partial charge is 0.312 e. The zero-order valence-corrected chi connectivity index (χ0v) is 12.4. The van der Waals surface area contributed by atoms with E-state index in [1.165, 1.54) is 0 Å². The minimum absolute atomic E-state index is 0.325. The molecule has 0 atom stereocenters. The van der Waals surface area contributed by atoms with E-state index in [1.807, 2.05) is 18.3 Å². The number of hydrogen-bond acceptors (Lipinski definition) is 4. The van der Waals surface area contributed by atoms with Gasteiger partial charge < -0.3 is 5.32 Å². The number of nitrogens with one attached hydrogen (secondary N) is 2. The number of rotatable bonds is 5. The molecule has 0 amide bonds. The van der Waals surface area contributed by atoms with Crippen LogP contribution in [0.15, 0.2) is 41.6 Å². The Bertz CT molecular complexity index is 711. The SMILES string of the molecule is O=S(=O)(NCCn1cccn1)c1cccc2c1CCNC2. The van der Waals surface area contributed by atoms with Crippen LogP contribution in [-0.2, 0) is 29.5 Å². The normalized spacial score (nSPS) is 14.9. The smallest absolute Gasteiger partial charge is 0.240 e. The fourth-order valence-corrected chi connectivity index (χ4v) is 3.88. The molecule has 7 heteroatoms. The molecule has 0 spiro atoms. The number of aromatic nitrogens is 2. The maximum atomic E-state index is 12.5. The van der Waals surface area contributed by atoms with Crippen LogP contribution in [0.1, 0.15) is 11.1 Å². The number of nitrogens with zero attached hydrogens (tertiary/aromatic N) is 2. The Labute approximate surface area is 124 Å². The lowest BCUT2D eigenvalue weighted by atomic mass is 10.0. The topological polar surface area (TPSA) is 76.0 Å². The summed E-state index contributed by atoms with van der Waals surface area (Å²) in [6, 6.07) is 7.27. The molecular weight excluding hydrogens is 288 g/mol. The van der Waals surface area contributed by atoms with Crippen LogP contribution in [-0.4, -0.2) is 31.3 Å². The van der Waals surface area contributed by atoms with Gasteiger partial charge in [-0.25, -0.2) is 13.1 Å². The van der Waals surface area contributed by atoms with Crippen molar-refractivity contribution in [3.05, 3.63) is 47.8 Å². The molecule has 1 aliphatic rings. The van der Waals surface area contributed by atoms with Gasteiger partial charge in [-0.2, -0.15) is 5.10 Å². The molecule has 0 radical (unpaired) electrons. The fourth-order valence-electron chi connectivity index (χ4n) is 2.55. The first-order chi connectivity index (χ1) is 10.2. The van der Waals surface area contributed by atoms with Crippen molar-refractivity contribution >= 4 is 10.0 Å². The minimum atomic E-state index is -3.47. The van der Waals surface area contributed by atoms with Crippen molar-refractivity contribution in [1.29, 1.82) is 0 Å². The Morgan fingerprint density at radius 2 is 2.24 bits per heavy atom. The summed E-state index contributed by atoms with van der Waals surface area (Å²) in [6.45, 7) is 2.38. The van der Waals surface area contributed by atoms with Gasteiger partial charge in [0.1, 0.15) is 0 Å². The average Bonchev–Trinajstić information content (AvgIpc) is 3.00. The van der Waals surface area contributed by atoms with E-state index >= 15 is 0 Å². The van der Waals surface area contributed by atoms with Gasteiger partial charge in [0, 0.05) is 25.5 Å². The third-order valence-electron chi connectivity index (χ3n) is 3.58. The van der Waals surface area contributed by atoms with Crippen LogP contribution >= 0.6 is 0 Å². The Balaban J connectivity index is 1.75. The number of fused-ring (bicyclic) bond motifs is 1. The van der Waals surface area contributed by atoms with Gasteiger partial charge >= 0.3 is 0 Å². The molecule has 0 saturated carbocycles. The second-order valence-corrected chi connectivity index (χ2v) is 6.72. The molecular formula is C14H18N4O2S. The predicted molar refractivity (Wildman–Crippen MR) is 79.3 cm³/mol. The molecule has 0 fully saturated rings. The Kier molecular flexibility index (Phi) is 4.05. The molecule has 0 saturated heterocycles. The summed E-state index contributed by atoms with van der Waals surface area (Å²) in [4.78, 5) is 0.405. The van der Waals surface area contributed by atoms with E-state index in [1.54, 1.807) is 23.0 Å². The molecule has 0 unspecified atom stereocenters. The molecule has 2 heterocycles. The first-order valence-electron chi connectivity index (χ1n) is 6.95. The molecule has 1 aliphatic heterocycles. The van der Waals surface area contributed by atoms with Crippen LogP contribution in [0.3, 0.4) is 0 Å². The monoisotopic (exact) mass is 306 g/mol. The molecule has 3 rings (SSSR count). The van der Waals surface area contributed by atoms with Crippen molar-refractivity contribution in [2.75, 3.05) is 13.1 Å². The van der Waals surface area contributed by atoms with Crippen molar-refractivity contribution in [3.63, 3.8) is 0 Å². The van der Waals surface area contributed by atoms with Gasteiger partial charge in [-0.1, -0.05) is 12.1 Å². The van der Waals surface area contributed by atoms with E-state index in [0.717, 1.165) is 30.6 Å². The molecule has 21 heavy (non-hydrogen) atoms. The Morgan fingerprint density at radius 3 is 3.05 bits per heavy atom. The van der Waals surface area contributed by atoms with Gasteiger partial charge in [0.2, 0.25) is 10.0 Å². The van der Waals surface area contributed by atoms with Gasteiger partial charge in [0.05, 0.1) is 11.4 Å². The van der Waals surface area contributed by atoms with Crippen LogP contribution in [0.5, 0.6) is 0 Å². The van der Waals surface area contributed by atoms with Crippen molar-refractivity contribution in [2.24, 2.45) is 0 Å². The highest BCUT2D eigenvalue weighted by Crippen LogP contribution is 2.22. The molecule has 0 aliphatic carbocycles. The molecule has 6 nitrogen and oxygen atoms in total. The van der Waals surface area contributed by atoms with E-state index in [-0.39, 0.29) is 0 Å². The van der Waals surface area contributed by atoms with Crippen LogP contribution in [0, 0.1) is 0 Å². The summed E-state index contributed by atoms with van der Waals surface area (Å²) in [5.41, 5.74) is 2.00. The maximum Gasteiger partial charge on any atom is 0.240 e. The highest BCUT2D eigenvalue weighted by atomic mass is 32.2. The van der Waals surface area contributed by atoms with E-state index in [2.05, 4.69) is 15.1 Å². The summed E-state index contributed by atoms with van der Waals surface area (Å²) in [5, 5.41) is 7.31. The van der Waals surface area contributed by atoms with E-state index < -0.39 is 10.0 Å². The van der Waals surface area contributed by atoms with Crippen LogP contribution in [0.4, 0.5) is 0 Å². The van der Waals surface area contributed by atoms with E-state index in [4.69, 9.17) is 0 Å². The quantitative estimate of drug-likeness (QED) is 0.844. The fraction of sp³-hybridized carbons (Fsp3) is 0.357. The second kappa shape index (κ2) is 5.97. The molecule has 1 aromatic carbocycles. The standard InChI is InChI=1S/C14H18N4O2S/c19-21(20,17-8-10-18-9-2-6-16-18)14-4-1-3-12-11-15-7-5-13(12)14/h1-4,6,9,15,17H,5,7-8,10-11H2. The Morgan fingerprint density at radius 1 is 1.33 bits per heavy atom. The van der Waals surface area contributed by atoms with Crippen LogP contribution in [0.25, 0.3) is 0 Å². The van der Waals surface area contributed by atoms with Crippen molar-refractivity contribution in [3.8, 4) is 0 Å². The zero-order chi connectivity index (χ0) is 14.7. The lowest BCUT2D eigenvalue weighted by molar-refractivity contribution is 0.557. The summed E-state index contributed by atoms with van der Waals surface area (Å²) in [6.07, 6.45) is 4.23. The third kappa shape index (κ3) is 3.15. The molecule has 2 aromatic rings. The molecule has 1 aromatic heterocycles. The van der Waals surface area contributed by atoms with Crippen molar-refractivity contribution in [1.82, 2.24) is 19.8 Å². The minimum Gasteiger partial charge on any atom is -0.312 e. The zero-order valence-electron chi connectivity index (χ0n) is 11.6. The van der Waals surface area contributed by atoms with Crippen LogP contribution in [0.2, 0.25) is 0 Å². The molecule has 112 valence electrons. The van der Waals surface area contributed by atoms with Gasteiger partial charge in [-0.15, -0.1) is 0 Å². The number of benzene rings is 1.